The van der Waals surface area contributed by atoms with Crippen LogP contribution in [0.2, 0.25) is 0 Å². The molecule has 8 heteroatoms. The lowest BCUT2D eigenvalue weighted by Gasteiger charge is -2.21. The van der Waals surface area contributed by atoms with Crippen molar-refractivity contribution in [2.75, 3.05) is 6.54 Å². The van der Waals surface area contributed by atoms with Crippen LogP contribution < -0.4 is 16.4 Å². The predicted molar refractivity (Wildman–Crippen MR) is 119 cm³/mol. The van der Waals surface area contributed by atoms with Crippen molar-refractivity contribution < 1.29 is 23.2 Å². The minimum absolute atomic E-state index is 0.0162. The molecule has 4 N–H and O–H groups in total. The first-order valence-electron chi connectivity index (χ1n) is 10.4. The van der Waals surface area contributed by atoms with E-state index < -0.39 is 34.9 Å². The number of nitrogens with two attached hydrogens (primary N) is 1. The van der Waals surface area contributed by atoms with Crippen LogP contribution in [0.1, 0.15) is 50.4 Å². The minimum Gasteiger partial charge on any atom is -0.355 e. The molecule has 0 aliphatic rings. The van der Waals surface area contributed by atoms with E-state index in [2.05, 4.69) is 10.6 Å². The molecule has 2 rings (SSSR count). The Hall–Kier alpha value is -3.13. The Bertz CT molecular complexity index is 987. The van der Waals surface area contributed by atoms with Gasteiger partial charge in [0, 0.05) is 24.1 Å². The third-order valence-corrected chi connectivity index (χ3v) is 4.59. The third-order valence-electron chi connectivity index (χ3n) is 4.59. The Balaban J connectivity index is 1.87. The first-order valence-corrected chi connectivity index (χ1v) is 10.4. The smallest absolute Gasteiger partial charge is 0.237 e. The highest BCUT2D eigenvalue weighted by Crippen LogP contribution is 2.25. The summed E-state index contributed by atoms with van der Waals surface area (Å²) in [5, 5.41) is 5.31. The van der Waals surface area contributed by atoms with Gasteiger partial charge in [-0.2, -0.15) is 0 Å². The molecule has 2 amide bonds. The van der Waals surface area contributed by atoms with Gasteiger partial charge in [0.15, 0.2) is 5.78 Å². The molecule has 2 aromatic rings. The zero-order chi connectivity index (χ0) is 23.9. The molecule has 0 saturated carbocycles. The van der Waals surface area contributed by atoms with Crippen molar-refractivity contribution in [1.82, 2.24) is 10.6 Å². The first kappa shape index (κ1) is 25.1. The molecule has 0 bridgehead atoms. The monoisotopic (exact) mass is 445 g/mol. The van der Waals surface area contributed by atoms with Gasteiger partial charge in [0.05, 0.1) is 18.0 Å². The molecular weight excluding hydrogens is 416 g/mol. The Labute approximate surface area is 186 Å². The molecule has 0 aliphatic heterocycles. The van der Waals surface area contributed by atoms with Crippen molar-refractivity contribution in [2.45, 2.75) is 51.6 Å². The van der Waals surface area contributed by atoms with Gasteiger partial charge in [0.2, 0.25) is 11.8 Å². The fourth-order valence-corrected chi connectivity index (χ4v) is 3.09. The highest BCUT2D eigenvalue weighted by Gasteiger charge is 2.21. The van der Waals surface area contributed by atoms with Crippen molar-refractivity contribution in [3.8, 4) is 11.1 Å². The zero-order valence-corrected chi connectivity index (χ0v) is 18.5. The lowest BCUT2D eigenvalue weighted by Crippen LogP contribution is -2.47. The van der Waals surface area contributed by atoms with E-state index >= 15 is 0 Å². The number of hydrogen-bond acceptors (Lipinski definition) is 4. The van der Waals surface area contributed by atoms with Gasteiger partial charge < -0.3 is 16.4 Å². The Morgan fingerprint density at radius 1 is 1.03 bits per heavy atom. The molecule has 0 unspecified atom stereocenters. The molecule has 0 saturated heterocycles. The fourth-order valence-electron chi connectivity index (χ4n) is 3.09. The zero-order valence-electron chi connectivity index (χ0n) is 18.5. The minimum atomic E-state index is -1.01. The topological polar surface area (TPSA) is 101 Å². The van der Waals surface area contributed by atoms with E-state index in [1.807, 2.05) is 20.8 Å². The van der Waals surface area contributed by atoms with E-state index in [9.17, 15) is 23.2 Å². The van der Waals surface area contributed by atoms with Crippen LogP contribution in [0.5, 0.6) is 0 Å². The summed E-state index contributed by atoms with van der Waals surface area (Å²) in [5.41, 5.74) is 5.88. The fraction of sp³-hybridized carbons (Fsp3) is 0.375. The van der Waals surface area contributed by atoms with E-state index in [-0.39, 0.29) is 42.8 Å². The first-order chi connectivity index (χ1) is 15.0. The second kappa shape index (κ2) is 10.9. The Morgan fingerprint density at radius 2 is 1.72 bits per heavy atom. The molecule has 0 fully saturated rings. The third kappa shape index (κ3) is 7.53. The number of halogens is 2. The number of amides is 2. The maximum Gasteiger partial charge on any atom is 0.237 e. The van der Waals surface area contributed by atoms with Crippen LogP contribution in [0.3, 0.4) is 0 Å². The largest absolute Gasteiger partial charge is 0.355 e. The van der Waals surface area contributed by atoms with E-state index in [1.165, 1.54) is 18.2 Å². The second-order valence-electron chi connectivity index (χ2n) is 8.60. The number of nitrogens with one attached hydrogen (secondary N) is 2. The maximum atomic E-state index is 14.2. The van der Waals surface area contributed by atoms with Gasteiger partial charge in [-0.05, 0) is 51.0 Å². The molecule has 32 heavy (non-hydrogen) atoms. The van der Waals surface area contributed by atoms with Gasteiger partial charge in [-0.15, -0.1) is 0 Å². The lowest BCUT2D eigenvalue weighted by molar-refractivity contribution is -0.128. The SMILES string of the molecule is CC(C)(C)NC(=O)C[C@H](N)C(=O)NCCCC(=O)c1cc(-c2ccccc2F)ccc1F. The lowest BCUT2D eigenvalue weighted by atomic mass is 9.98. The standard InChI is InChI=1S/C24H29F2N3O3/c1-24(2,3)29-22(31)14-20(27)23(32)28-12-6-9-21(30)17-13-15(10-11-19(17)26)16-7-4-5-8-18(16)25/h4-5,7-8,10-11,13,20H,6,9,12,14,27H2,1-3H3,(H,28,32)(H,29,31)/t20-/m0/s1. The summed E-state index contributed by atoms with van der Waals surface area (Å²) in [6.45, 7) is 5.61. The molecule has 0 heterocycles. The molecule has 2 aromatic carbocycles. The summed E-state index contributed by atoms with van der Waals surface area (Å²) < 4.78 is 28.2. The van der Waals surface area contributed by atoms with Crippen molar-refractivity contribution >= 4 is 17.6 Å². The second-order valence-corrected chi connectivity index (χ2v) is 8.60. The summed E-state index contributed by atoms with van der Waals surface area (Å²) in [5.74, 6) is -2.45. The number of Topliss-reactive ketones (excluding diaryl/α,β-unsaturated/α-hetero) is 1. The van der Waals surface area contributed by atoms with E-state index in [0.717, 1.165) is 6.07 Å². The Morgan fingerprint density at radius 3 is 2.38 bits per heavy atom. The molecule has 0 radical (unpaired) electrons. The number of benzene rings is 2. The van der Waals surface area contributed by atoms with Gasteiger partial charge in [-0.25, -0.2) is 8.78 Å². The molecule has 172 valence electrons. The molecule has 1 atom stereocenters. The van der Waals surface area contributed by atoms with Crippen molar-refractivity contribution in [3.05, 3.63) is 59.7 Å². The van der Waals surface area contributed by atoms with Crippen molar-refractivity contribution in [2.24, 2.45) is 5.73 Å². The van der Waals surface area contributed by atoms with Crippen LogP contribution in [-0.4, -0.2) is 35.7 Å². The van der Waals surface area contributed by atoms with Crippen molar-refractivity contribution in [1.29, 1.82) is 0 Å². The van der Waals surface area contributed by atoms with E-state index in [0.29, 0.717) is 5.56 Å². The van der Waals surface area contributed by atoms with Crippen LogP contribution in [0.4, 0.5) is 8.78 Å². The average Bonchev–Trinajstić information content (AvgIpc) is 2.70. The molecule has 0 aliphatic carbocycles. The van der Waals surface area contributed by atoms with E-state index in [4.69, 9.17) is 5.73 Å². The van der Waals surface area contributed by atoms with Gasteiger partial charge in [0.1, 0.15) is 11.6 Å². The van der Waals surface area contributed by atoms with Gasteiger partial charge in [-0.3, -0.25) is 14.4 Å². The Kier molecular flexibility index (Phi) is 8.60. The summed E-state index contributed by atoms with van der Waals surface area (Å²) in [4.78, 5) is 36.4. The molecule has 0 aromatic heterocycles. The maximum absolute atomic E-state index is 14.2. The normalized spacial score (nSPS) is 12.2. The number of ketones is 1. The number of carbonyl (C=O) groups excluding carboxylic acids is 3. The summed E-state index contributed by atoms with van der Waals surface area (Å²) in [6, 6.07) is 8.92. The van der Waals surface area contributed by atoms with Crippen LogP contribution in [0.15, 0.2) is 42.5 Å². The summed E-state index contributed by atoms with van der Waals surface area (Å²) in [7, 11) is 0. The van der Waals surface area contributed by atoms with Gasteiger partial charge >= 0.3 is 0 Å². The van der Waals surface area contributed by atoms with Crippen LogP contribution >= 0.6 is 0 Å². The van der Waals surface area contributed by atoms with Crippen LogP contribution in [0.25, 0.3) is 11.1 Å². The molecule has 6 nitrogen and oxygen atoms in total. The highest BCUT2D eigenvalue weighted by atomic mass is 19.1. The molecule has 0 spiro atoms. The van der Waals surface area contributed by atoms with Crippen LogP contribution in [0, 0.1) is 11.6 Å². The number of carbonyl (C=O) groups is 3. The van der Waals surface area contributed by atoms with Crippen molar-refractivity contribution in [3.63, 3.8) is 0 Å². The van der Waals surface area contributed by atoms with Gasteiger partial charge in [0.25, 0.3) is 0 Å². The quantitative estimate of drug-likeness (QED) is 0.407. The number of hydrogen-bond donors (Lipinski definition) is 3. The average molecular weight is 446 g/mol. The number of rotatable bonds is 9. The summed E-state index contributed by atoms with van der Waals surface area (Å²) >= 11 is 0. The van der Waals surface area contributed by atoms with Gasteiger partial charge in [-0.1, -0.05) is 24.3 Å². The predicted octanol–water partition coefficient (Wildman–Crippen LogP) is 3.34. The summed E-state index contributed by atoms with van der Waals surface area (Å²) in [6.07, 6.45) is 0.0859. The molecular formula is C24H29F2N3O3. The highest BCUT2D eigenvalue weighted by molar-refractivity contribution is 5.97. The van der Waals surface area contributed by atoms with E-state index in [1.54, 1.807) is 18.2 Å². The van der Waals surface area contributed by atoms with Crippen LogP contribution in [-0.2, 0) is 9.59 Å².